The number of nitrogen functional groups attached to an aromatic ring is 1. The predicted molar refractivity (Wildman–Crippen MR) is 120 cm³/mol. The average Bonchev–Trinajstić information content (AvgIpc) is 3.19. The average molecular weight is 425 g/mol. The molecule has 0 bridgehead atoms. The summed E-state index contributed by atoms with van der Waals surface area (Å²) in [7, 11) is 0. The lowest BCUT2D eigenvalue weighted by molar-refractivity contribution is -0.114. The summed E-state index contributed by atoms with van der Waals surface area (Å²) in [5.74, 6) is -0.0716. The Kier molecular flexibility index (Phi) is 5.51. The second-order valence-corrected chi connectivity index (χ2v) is 6.96. The molecule has 4 aromatic rings. The number of nitrogens with two attached hydrogens (primary N) is 1. The molecular weight excluding hydrogens is 406 g/mol. The highest BCUT2D eigenvalue weighted by Gasteiger charge is 2.21. The number of phenols is 1. The molecular formula is C23H19N7O2. The normalized spacial score (nSPS) is 10.6. The Hall–Kier alpha value is -4.71. The summed E-state index contributed by atoms with van der Waals surface area (Å²) < 4.78 is 1.65. The fraction of sp³-hybridized carbons (Fsp3) is 0.0870. The first-order valence-corrected chi connectivity index (χ1v) is 9.72. The van der Waals surface area contributed by atoms with Crippen molar-refractivity contribution in [2.75, 3.05) is 17.2 Å². The molecule has 2 aromatic carbocycles. The number of nitrogens with zero attached hydrogens (tertiary/aromatic N) is 6. The maximum Gasteiger partial charge on any atom is 0.268 e. The van der Waals surface area contributed by atoms with Gasteiger partial charge in [-0.1, -0.05) is 24.8 Å². The molecule has 9 heteroatoms. The van der Waals surface area contributed by atoms with Crippen LogP contribution in [0.4, 0.5) is 11.5 Å². The fourth-order valence-electron chi connectivity index (χ4n) is 3.37. The van der Waals surface area contributed by atoms with Gasteiger partial charge in [-0.25, -0.2) is 14.6 Å². The highest BCUT2D eigenvalue weighted by Crippen LogP contribution is 2.31. The third-order valence-electron chi connectivity index (χ3n) is 4.94. The van der Waals surface area contributed by atoms with Crippen LogP contribution in [0.15, 0.2) is 73.1 Å². The highest BCUT2D eigenvalue weighted by atomic mass is 16.3. The number of carbonyl (C=O) groups is 1. The van der Waals surface area contributed by atoms with E-state index in [0.29, 0.717) is 22.4 Å². The van der Waals surface area contributed by atoms with Gasteiger partial charge >= 0.3 is 0 Å². The van der Waals surface area contributed by atoms with Crippen LogP contribution in [0.2, 0.25) is 0 Å². The van der Waals surface area contributed by atoms with Crippen molar-refractivity contribution in [3.63, 3.8) is 0 Å². The summed E-state index contributed by atoms with van der Waals surface area (Å²) in [4.78, 5) is 22.7. The minimum atomic E-state index is -0.483. The first-order valence-electron chi connectivity index (χ1n) is 9.72. The summed E-state index contributed by atoms with van der Waals surface area (Å²) in [6.45, 7) is 4.06. The molecule has 32 heavy (non-hydrogen) atoms. The SMILES string of the molecule is C=C(C#N)C(=O)N(CCn1nc(-c2ccc(O)cc2)c2c(N)ncnc21)c1ccccc1. The zero-order chi connectivity index (χ0) is 22.7. The molecule has 0 radical (unpaired) electrons. The van der Waals surface area contributed by atoms with E-state index in [2.05, 4.69) is 21.6 Å². The van der Waals surface area contributed by atoms with E-state index < -0.39 is 5.91 Å². The van der Waals surface area contributed by atoms with Crippen molar-refractivity contribution in [1.29, 1.82) is 5.26 Å². The number of aromatic nitrogens is 4. The topological polar surface area (TPSA) is 134 Å². The molecule has 3 N–H and O–H groups in total. The smallest absolute Gasteiger partial charge is 0.268 e. The number of aromatic hydroxyl groups is 1. The lowest BCUT2D eigenvalue weighted by Gasteiger charge is -2.22. The van der Waals surface area contributed by atoms with E-state index >= 15 is 0 Å². The van der Waals surface area contributed by atoms with E-state index in [1.807, 2.05) is 24.3 Å². The number of rotatable bonds is 6. The van der Waals surface area contributed by atoms with Gasteiger partial charge < -0.3 is 15.7 Å². The van der Waals surface area contributed by atoms with Crippen molar-refractivity contribution in [3.8, 4) is 23.1 Å². The molecule has 4 rings (SSSR count). The molecule has 0 aliphatic rings. The second-order valence-electron chi connectivity index (χ2n) is 6.96. The van der Waals surface area contributed by atoms with E-state index in [0.717, 1.165) is 5.56 Å². The zero-order valence-electron chi connectivity index (χ0n) is 17.0. The Morgan fingerprint density at radius 3 is 2.56 bits per heavy atom. The molecule has 2 heterocycles. The second kappa shape index (κ2) is 8.57. The number of phenolic OH excluding ortho intramolecular Hbond substituents is 1. The Morgan fingerprint density at radius 1 is 1.16 bits per heavy atom. The van der Waals surface area contributed by atoms with Crippen LogP contribution in [0.5, 0.6) is 5.75 Å². The first kappa shape index (κ1) is 20.6. The van der Waals surface area contributed by atoms with Crippen LogP contribution in [0.25, 0.3) is 22.3 Å². The van der Waals surface area contributed by atoms with Crippen molar-refractivity contribution < 1.29 is 9.90 Å². The summed E-state index contributed by atoms with van der Waals surface area (Å²) in [6, 6.07) is 17.4. The van der Waals surface area contributed by atoms with Crippen LogP contribution in [0, 0.1) is 11.3 Å². The zero-order valence-corrected chi connectivity index (χ0v) is 17.0. The summed E-state index contributed by atoms with van der Waals surface area (Å²) in [5.41, 5.74) is 8.42. The minimum Gasteiger partial charge on any atom is -0.508 e. The maximum absolute atomic E-state index is 12.8. The van der Waals surface area contributed by atoms with Gasteiger partial charge in [0.2, 0.25) is 0 Å². The Morgan fingerprint density at radius 2 is 1.88 bits per heavy atom. The standard InChI is InChI=1S/C23H19N7O2/c1-15(13-24)23(32)29(17-5-3-2-4-6-17)11-12-30-22-19(21(25)26-14-27-22)20(28-30)16-7-9-18(31)10-8-16/h2-10,14,31H,1,11-12H2,(H2,25,26,27). The van der Waals surface area contributed by atoms with Crippen LogP contribution >= 0.6 is 0 Å². The quantitative estimate of drug-likeness (QED) is 0.358. The third-order valence-corrected chi connectivity index (χ3v) is 4.94. The molecule has 0 saturated carbocycles. The fourth-order valence-corrected chi connectivity index (χ4v) is 3.37. The number of benzene rings is 2. The number of fused-ring (bicyclic) bond motifs is 1. The monoisotopic (exact) mass is 425 g/mol. The van der Waals surface area contributed by atoms with Crippen molar-refractivity contribution in [2.45, 2.75) is 6.54 Å². The van der Waals surface area contributed by atoms with E-state index in [1.165, 1.54) is 11.2 Å². The number of amides is 1. The summed E-state index contributed by atoms with van der Waals surface area (Å²) in [5, 5.41) is 24.0. The van der Waals surface area contributed by atoms with Gasteiger partial charge in [0, 0.05) is 17.8 Å². The molecule has 0 fully saturated rings. The van der Waals surface area contributed by atoms with Crippen molar-refractivity contribution in [2.24, 2.45) is 0 Å². The first-order chi connectivity index (χ1) is 15.5. The lowest BCUT2D eigenvalue weighted by atomic mass is 10.1. The Bertz CT molecular complexity index is 1340. The summed E-state index contributed by atoms with van der Waals surface area (Å²) >= 11 is 0. The number of para-hydroxylation sites is 1. The van der Waals surface area contributed by atoms with Crippen LogP contribution in [-0.4, -0.2) is 37.3 Å². The van der Waals surface area contributed by atoms with E-state index in [4.69, 9.17) is 11.0 Å². The van der Waals surface area contributed by atoms with Gasteiger partial charge in [-0.3, -0.25) is 4.79 Å². The molecule has 9 nitrogen and oxygen atoms in total. The van der Waals surface area contributed by atoms with Crippen LogP contribution in [0.1, 0.15) is 0 Å². The van der Waals surface area contributed by atoms with Gasteiger partial charge in [0.1, 0.15) is 35.2 Å². The van der Waals surface area contributed by atoms with Gasteiger partial charge in [0.05, 0.1) is 11.9 Å². The van der Waals surface area contributed by atoms with Crippen LogP contribution in [-0.2, 0) is 11.3 Å². The predicted octanol–water partition coefficient (Wildman–Crippen LogP) is 2.89. The van der Waals surface area contributed by atoms with E-state index in [-0.39, 0.29) is 30.2 Å². The van der Waals surface area contributed by atoms with E-state index in [9.17, 15) is 9.90 Å². The molecule has 158 valence electrons. The van der Waals surface area contributed by atoms with Crippen molar-refractivity contribution in [1.82, 2.24) is 19.7 Å². The van der Waals surface area contributed by atoms with Gasteiger partial charge in [-0.15, -0.1) is 0 Å². The minimum absolute atomic E-state index is 0.136. The van der Waals surface area contributed by atoms with Crippen LogP contribution in [0.3, 0.4) is 0 Å². The molecule has 0 unspecified atom stereocenters. The van der Waals surface area contributed by atoms with Crippen LogP contribution < -0.4 is 10.6 Å². The molecule has 0 atom stereocenters. The maximum atomic E-state index is 12.8. The van der Waals surface area contributed by atoms with Gasteiger partial charge in [0.25, 0.3) is 5.91 Å². The molecule has 0 aliphatic carbocycles. The van der Waals surface area contributed by atoms with Crippen molar-refractivity contribution in [3.05, 3.63) is 73.1 Å². The van der Waals surface area contributed by atoms with Gasteiger partial charge in [0.15, 0.2) is 5.65 Å². The number of anilines is 2. The third kappa shape index (κ3) is 3.85. The van der Waals surface area contributed by atoms with Crippen molar-refractivity contribution >= 4 is 28.4 Å². The van der Waals surface area contributed by atoms with Gasteiger partial charge in [-0.2, -0.15) is 10.4 Å². The Labute approximate surface area is 183 Å². The number of carbonyl (C=O) groups excluding carboxylic acids is 1. The number of hydrogen-bond donors (Lipinski definition) is 2. The molecule has 0 saturated heterocycles. The largest absolute Gasteiger partial charge is 0.508 e. The lowest BCUT2D eigenvalue weighted by Crippen LogP contribution is -2.34. The highest BCUT2D eigenvalue weighted by molar-refractivity contribution is 6.07. The molecule has 0 spiro atoms. The number of nitriles is 1. The van der Waals surface area contributed by atoms with E-state index in [1.54, 1.807) is 41.1 Å². The molecule has 2 aromatic heterocycles. The molecule has 1 amide bonds. The molecule has 0 aliphatic heterocycles. The number of hydrogen-bond acceptors (Lipinski definition) is 7. The Balaban J connectivity index is 1.73. The van der Waals surface area contributed by atoms with Gasteiger partial charge in [-0.05, 0) is 36.4 Å². The summed E-state index contributed by atoms with van der Waals surface area (Å²) in [6.07, 6.45) is 1.36.